The van der Waals surface area contributed by atoms with Gasteiger partial charge in [0.25, 0.3) is 5.91 Å². The number of hydrogen-bond donors (Lipinski definition) is 2. The molecule has 0 atom stereocenters. The normalized spacial score (nSPS) is 11.0. The van der Waals surface area contributed by atoms with Gasteiger partial charge in [0.15, 0.2) is 0 Å². The highest BCUT2D eigenvalue weighted by Gasteiger charge is 2.10. The Morgan fingerprint density at radius 3 is 2.70 bits per heavy atom. The zero-order chi connectivity index (χ0) is 17.0. The molecule has 0 aliphatic heterocycles. The summed E-state index contributed by atoms with van der Waals surface area (Å²) in [5, 5.41) is 21.9. The van der Waals surface area contributed by atoms with Gasteiger partial charge in [0, 0.05) is 10.7 Å². The lowest BCUT2D eigenvalue weighted by atomic mass is 10.1. The first kappa shape index (κ1) is 17.3. The van der Waals surface area contributed by atoms with Crippen molar-refractivity contribution in [2.24, 2.45) is 0 Å². The molecule has 23 heavy (non-hydrogen) atoms. The van der Waals surface area contributed by atoms with Gasteiger partial charge in [-0.2, -0.15) is 5.26 Å². The maximum Gasteiger partial charge on any atom is 0.266 e. The molecule has 2 aromatic carbocycles. The van der Waals surface area contributed by atoms with E-state index in [1.807, 2.05) is 35.6 Å². The van der Waals surface area contributed by atoms with E-state index in [2.05, 4.69) is 5.32 Å². The van der Waals surface area contributed by atoms with E-state index in [0.717, 1.165) is 5.56 Å². The largest absolute Gasteiger partial charge is 0.507 e. The second-order valence-corrected chi connectivity index (χ2v) is 6.37. The molecule has 0 aliphatic rings. The summed E-state index contributed by atoms with van der Waals surface area (Å²) in [6.45, 7) is 1.86. The lowest BCUT2D eigenvalue weighted by molar-refractivity contribution is -0.112. The Bertz CT molecular complexity index is 841. The van der Waals surface area contributed by atoms with Crippen LogP contribution in [0.5, 0.6) is 5.75 Å². The van der Waals surface area contributed by atoms with Gasteiger partial charge in [-0.1, -0.05) is 23.7 Å². The van der Waals surface area contributed by atoms with E-state index < -0.39 is 5.91 Å². The van der Waals surface area contributed by atoms with Crippen LogP contribution in [-0.4, -0.2) is 11.0 Å². The summed E-state index contributed by atoms with van der Waals surface area (Å²) in [4.78, 5) is 12.2. The van der Waals surface area contributed by atoms with Crippen molar-refractivity contribution in [3.8, 4) is 11.8 Å². The van der Waals surface area contributed by atoms with E-state index >= 15 is 0 Å². The number of carbonyl (C=O) groups is 1. The van der Waals surface area contributed by atoms with Gasteiger partial charge in [0.1, 0.15) is 17.4 Å². The first-order chi connectivity index (χ1) is 10.9. The molecule has 0 saturated heterocycles. The molecular formula is C17H12ClIN2O2. The maximum atomic E-state index is 12.2. The van der Waals surface area contributed by atoms with Crippen LogP contribution in [0.25, 0.3) is 6.08 Å². The second kappa shape index (κ2) is 7.49. The zero-order valence-electron chi connectivity index (χ0n) is 12.1. The number of aromatic hydroxyl groups is 1. The van der Waals surface area contributed by atoms with E-state index in [0.29, 0.717) is 19.8 Å². The molecule has 0 aliphatic carbocycles. The SMILES string of the molecule is Cc1ccc(NC(=O)/C(C#N)=C\c2ccc(O)c(I)c2)cc1Cl. The molecular weight excluding hydrogens is 427 g/mol. The van der Waals surface area contributed by atoms with Crippen LogP contribution in [0.3, 0.4) is 0 Å². The number of anilines is 1. The molecule has 1 amide bonds. The number of hydrogen-bond acceptors (Lipinski definition) is 3. The van der Waals surface area contributed by atoms with Crippen LogP contribution in [0.1, 0.15) is 11.1 Å². The first-order valence-electron chi connectivity index (χ1n) is 6.58. The number of rotatable bonds is 3. The summed E-state index contributed by atoms with van der Waals surface area (Å²) in [7, 11) is 0. The predicted octanol–water partition coefficient (Wildman–Crippen LogP) is 4.50. The van der Waals surface area contributed by atoms with E-state index in [1.165, 1.54) is 12.1 Å². The third-order valence-corrected chi connectivity index (χ3v) is 4.35. The average Bonchev–Trinajstić information content (AvgIpc) is 2.52. The number of amides is 1. The van der Waals surface area contributed by atoms with E-state index in [1.54, 1.807) is 30.3 Å². The Labute approximate surface area is 152 Å². The molecule has 0 spiro atoms. The molecule has 0 saturated carbocycles. The summed E-state index contributed by atoms with van der Waals surface area (Å²) in [5.41, 5.74) is 2.04. The first-order valence-corrected chi connectivity index (χ1v) is 8.04. The Kier molecular flexibility index (Phi) is 5.64. The smallest absolute Gasteiger partial charge is 0.266 e. The molecule has 0 radical (unpaired) electrons. The van der Waals surface area contributed by atoms with E-state index in [4.69, 9.17) is 11.6 Å². The molecule has 4 nitrogen and oxygen atoms in total. The van der Waals surface area contributed by atoms with Crippen LogP contribution in [0, 0.1) is 21.8 Å². The Morgan fingerprint density at radius 2 is 2.09 bits per heavy atom. The van der Waals surface area contributed by atoms with Crippen molar-refractivity contribution in [2.75, 3.05) is 5.32 Å². The van der Waals surface area contributed by atoms with Crippen molar-refractivity contribution in [1.82, 2.24) is 0 Å². The topological polar surface area (TPSA) is 73.1 Å². The quantitative estimate of drug-likeness (QED) is 0.421. The lowest BCUT2D eigenvalue weighted by Gasteiger charge is -2.06. The number of carbonyl (C=O) groups excluding carboxylic acids is 1. The number of phenols is 1. The van der Waals surface area contributed by atoms with Crippen molar-refractivity contribution in [1.29, 1.82) is 5.26 Å². The Hall–Kier alpha value is -2.04. The predicted molar refractivity (Wildman–Crippen MR) is 99.2 cm³/mol. The zero-order valence-corrected chi connectivity index (χ0v) is 15.0. The van der Waals surface area contributed by atoms with E-state index in [9.17, 15) is 15.2 Å². The minimum atomic E-state index is -0.518. The Morgan fingerprint density at radius 1 is 1.35 bits per heavy atom. The van der Waals surface area contributed by atoms with Crippen LogP contribution in [0.15, 0.2) is 42.0 Å². The minimum absolute atomic E-state index is 0.0387. The van der Waals surface area contributed by atoms with Crippen LogP contribution < -0.4 is 5.32 Å². The summed E-state index contributed by atoms with van der Waals surface area (Å²) in [5.74, 6) is -0.365. The summed E-state index contributed by atoms with van der Waals surface area (Å²) in [6.07, 6.45) is 1.47. The average molecular weight is 439 g/mol. The van der Waals surface area contributed by atoms with Gasteiger partial charge >= 0.3 is 0 Å². The van der Waals surface area contributed by atoms with Crippen molar-refractivity contribution >= 4 is 51.9 Å². The monoisotopic (exact) mass is 438 g/mol. The summed E-state index contributed by atoms with van der Waals surface area (Å²) in [6, 6.07) is 11.8. The second-order valence-electron chi connectivity index (χ2n) is 4.80. The Balaban J connectivity index is 2.24. The van der Waals surface area contributed by atoms with Gasteiger partial charge in [-0.15, -0.1) is 0 Å². The molecule has 0 aromatic heterocycles. The van der Waals surface area contributed by atoms with Gasteiger partial charge in [-0.25, -0.2) is 0 Å². The molecule has 0 bridgehead atoms. The number of phenolic OH excluding ortho intramolecular Hbond substituents is 1. The van der Waals surface area contributed by atoms with Gasteiger partial charge in [-0.05, 0) is 71.0 Å². The van der Waals surface area contributed by atoms with Gasteiger partial charge in [0.05, 0.1) is 3.57 Å². The van der Waals surface area contributed by atoms with E-state index in [-0.39, 0.29) is 11.3 Å². The third-order valence-electron chi connectivity index (χ3n) is 3.08. The highest BCUT2D eigenvalue weighted by molar-refractivity contribution is 14.1. The lowest BCUT2D eigenvalue weighted by Crippen LogP contribution is -2.13. The fourth-order valence-electron chi connectivity index (χ4n) is 1.80. The summed E-state index contributed by atoms with van der Waals surface area (Å²) >= 11 is 7.99. The number of benzene rings is 2. The van der Waals surface area contributed by atoms with Gasteiger partial charge in [-0.3, -0.25) is 4.79 Å². The fraction of sp³-hybridized carbons (Fsp3) is 0.0588. The molecule has 2 N–H and O–H groups in total. The van der Waals surface area contributed by atoms with Crippen molar-refractivity contribution in [3.05, 3.63) is 61.7 Å². The molecule has 0 fully saturated rings. The van der Waals surface area contributed by atoms with Crippen molar-refractivity contribution in [2.45, 2.75) is 6.92 Å². The highest BCUT2D eigenvalue weighted by atomic mass is 127. The molecule has 0 heterocycles. The van der Waals surface area contributed by atoms with Crippen LogP contribution >= 0.6 is 34.2 Å². The standard InChI is InChI=1S/C17H12ClIN2O2/c1-10-2-4-13(8-14(10)18)21-17(23)12(9-20)6-11-3-5-16(22)15(19)7-11/h2-8,22H,1H3,(H,21,23)/b12-6-. The fourth-order valence-corrected chi connectivity index (χ4v) is 2.52. The summed E-state index contributed by atoms with van der Waals surface area (Å²) < 4.78 is 0.638. The number of nitriles is 1. The van der Waals surface area contributed by atoms with Gasteiger partial charge < -0.3 is 10.4 Å². The molecule has 116 valence electrons. The third kappa shape index (κ3) is 4.47. The molecule has 2 aromatic rings. The molecule has 2 rings (SSSR count). The maximum absolute atomic E-state index is 12.2. The number of nitrogens with zero attached hydrogens (tertiary/aromatic N) is 1. The van der Waals surface area contributed by atoms with Gasteiger partial charge in [0.2, 0.25) is 0 Å². The van der Waals surface area contributed by atoms with Crippen molar-refractivity contribution in [3.63, 3.8) is 0 Å². The number of aryl methyl sites for hydroxylation is 1. The number of nitrogens with one attached hydrogen (secondary N) is 1. The van der Waals surface area contributed by atoms with Crippen LogP contribution in [-0.2, 0) is 4.79 Å². The number of halogens is 2. The minimum Gasteiger partial charge on any atom is -0.507 e. The molecule has 0 unspecified atom stereocenters. The highest BCUT2D eigenvalue weighted by Crippen LogP contribution is 2.23. The molecule has 6 heteroatoms. The van der Waals surface area contributed by atoms with Crippen LogP contribution in [0.4, 0.5) is 5.69 Å². The van der Waals surface area contributed by atoms with Crippen LogP contribution in [0.2, 0.25) is 5.02 Å². The van der Waals surface area contributed by atoms with Crippen molar-refractivity contribution < 1.29 is 9.90 Å².